The Balaban J connectivity index is 2.69. The Morgan fingerprint density at radius 2 is 2.10 bits per heavy atom. The minimum atomic E-state index is -0.464. The molecule has 0 aromatic rings. The second kappa shape index (κ2) is 7.02. The Morgan fingerprint density at radius 1 is 1.48 bits per heavy atom. The average molecular weight is 298 g/mol. The summed E-state index contributed by atoms with van der Waals surface area (Å²) < 4.78 is 5.12. The minimum Gasteiger partial charge on any atom is -0.371 e. The van der Waals surface area contributed by atoms with Crippen LogP contribution in [-0.4, -0.2) is 48.3 Å². The minimum absolute atomic E-state index is 0.0102. The third kappa shape index (κ3) is 4.52. The third-order valence-corrected chi connectivity index (χ3v) is 4.37. The summed E-state index contributed by atoms with van der Waals surface area (Å²) in [6.07, 6.45) is 0.525. The van der Waals surface area contributed by atoms with Crippen molar-refractivity contribution >= 4 is 17.6 Å². The summed E-state index contributed by atoms with van der Waals surface area (Å²) in [5.41, 5.74) is 4.91. The van der Waals surface area contributed by atoms with Crippen LogP contribution in [0.15, 0.2) is 0 Å². The van der Waals surface area contributed by atoms with E-state index in [1.165, 1.54) is 0 Å². The van der Waals surface area contributed by atoms with Crippen molar-refractivity contribution in [1.82, 2.24) is 4.90 Å². The number of primary amides is 1. The van der Waals surface area contributed by atoms with Crippen molar-refractivity contribution in [3.05, 3.63) is 0 Å². The summed E-state index contributed by atoms with van der Waals surface area (Å²) in [6.45, 7) is 8.46. The van der Waals surface area contributed by atoms with Gasteiger partial charge >= 0.3 is 0 Å². The maximum absolute atomic E-state index is 12.5. The van der Waals surface area contributed by atoms with Gasteiger partial charge in [-0.25, -0.2) is 0 Å². The lowest BCUT2D eigenvalue weighted by atomic mass is 9.75. The van der Waals surface area contributed by atoms with Gasteiger partial charge in [0.2, 0.25) is 11.8 Å². The Labute approximate surface area is 126 Å². The van der Waals surface area contributed by atoms with Crippen LogP contribution in [0.5, 0.6) is 0 Å². The maximum atomic E-state index is 12.5. The van der Waals surface area contributed by atoms with Crippen LogP contribution in [0.3, 0.4) is 0 Å². The molecule has 1 aliphatic rings. The van der Waals surface area contributed by atoms with Gasteiger partial charge in [-0.3, -0.25) is 14.4 Å². The van der Waals surface area contributed by atoms with Crippen LogP contribution in [-0.2, 0) is 19.1 Å². The summed E-state index contributed by atoms with van der Waals surface area (Å²) in [4.78, 5) is 36.9. The zero-order valence-electron chi connectivity index (χ0n) is 13.3. The van der Waals surface area contributed by atoms with Crippen molar-refractivity contribution in [2.45, 2.75) is 46.6 Å². The summed E-state index contributed by atoms with van der Waals surface area (Å²) in [7, 11) is 0. The fourth-order valence-corrected chi connectivity index (χ4v) is 2.57. The second-order valence-corrected chi connectivity index (χ2v) is 6.41. The van der Waals surface area contributed by atoms with Crippen molar-refractivity contribution in [2.75, 3.05) is 19.8 Å². The molecule has 0 spiro atoms. The molecule has 0 radical (unpaired) electrons. The molecule has 1 heterocycles. The molecule has 0 aliphatic carbocycles. The van der Waals surface area contributed by atoms with E-state index < -0.39 is 6.04 Å². The Kier molecular flexibility index (Phi) is 5.89. The molecule has 6 nitrogen and oxygen atoms in total. The monoisotopic (exact) mass is 298 g/mol. The average Bonchev–Trinajstić information content (AvgIpc) is 2.75. The van der Waals surface area contributed by atoms with Crippen molar-refractivity contribution in [1.29, 1.82) is 0 Å². The molecule has 6 heteroatoms. The molecule has 2 unspecified atom stereocenters. The molecule has 2 atom stereocenters. The van der Waals surface area contributed by atoms with E-state index in [-0.39, 0.29) is 55.0 Å². The topological polar surface area (TPSA) is 89.7 Å². The molecule has 0 aromatic carbocycles. The van der Waals surface area contributed by atoms with Gasteiger partial charge in [0.1, 0.15) is 12.6 Å². The quantitative estimate of drug-likeness (QED) is 0.750. The van der Waals surface area contributed by atoms with E-state index >= 15 is 0 Å². The first kappa shape index (κ1) is 17.6. The zero-order chi connectivity index (χ0) is 16.2. The van der Waals surface area contributed by atoms with E-state index in [0.717, 1.165) is 0 Å². The first-order chi connectivity index (χ1) is 9.69. The number of carbonyl (C=O) groups excluding carboxylic acids is 3. The number of rotatable bonds is 7. The first-order valence-electron chi connectivity index (χ1n) is 7.37. The fraction of sp³-hybridized carbons (Fsp3) is 0.800. The highest BCUT2D eigenvalue weighted by Gasteiger charge is 2.36. The molecule has 2 amide bonds. The van der Waals surface area contributed by atoms with Crippen LogP contribution >= 0.6 is 0 Å². The van der Waals surface area contributed by atoms with Crippen LogP contribution < -0.4 is 5.73 Å². The van der Waals surface area contributed by atoms with Gasteiger partial charge < -0.3 is 15.4 Å². The molecular weight excluding hydrogens is 272 g/mol. The van der Waals surface area contributed by atoms with Gasteiger partial charge in [-0.15, -0.1) is 0 Å². The van der Waals surface area contributed by atoms with Crippen LogP contribution in [0.25, 0.3) is 0 Å². The van der Waals surface area contributed by atoms with E-state index in [9.17, 15) is 14.4 Å². The molecule has 1 aliphatic heterocycles. The molecule has 21 heavy (non-hydrogen) atoms. The molecule has 0 bridgehead atoms. The lowest BCUT2D eigenvalue weighted by Crippen LogP contribution is -2.45. The highest BCUT2D eigenvalue weighted by Crippen LogP contribution is 2.33. The lowest BCUT2D eigenvalue weighted by molar-refractivity contribution is -0.139. The summed E-state index contributed by atoms with van der Waals surface area (Å²) in [6, 6.07) is -0.464. The summed E-state index contributed by atoms with van der Waals surface area (Å²) in [5, 5.41) is 0. The number of likely N-dealkylation sites (N-methyl/N-ethyl adjacent to an activating group) is 1. The number of hydrogen-bond acceptors (Lipinski definition) is 4. The van der Waals surface area contributed by atoms with Crippen molar-refractivity contribution in [2.24, 2.45) is 17.1 Å². The number of carbonyl (C=O) groups is 3. The molecular formula is C15H26N2O4. The molecule has 120 valence electrons. The Hall–Kier alpha value is -1.43. The predicted octanol–water partition coefficient (Wildman–Crippen LogP) is 0.731. The van der Waals surface area contributed by atoms with Gasteiger partial charge in [-0.1, -0.05) is 20.8 Å². The summed E-state index contributed by atoms with van der Waals surface area (Å²) >= 11 is 0. The maximum Gasteiger partial charge on any atom is 0.223 e. The molecule has 0 saturated carbocycles. The van der Waals surface area contributed by atoms with Crippen LogP contribution in [0, 0.1) is 11.3 Å². The van der Waals surface area contributed by atoms with Crippen molar-refractivity contribution in [3.63, 3.8) is 0 Å². The van der Waals surface area contributed by atoms with Crippen LogP contribution in [0.4, 0.5) is 0 Å². The number of hydrogen-bond donors (Lipinski definition) is 1. The van der Waals surface area contributed by atoms with Gasteiger partial charge in [0.25, 0.3) is 0 Å². The van der Waals surface area contributed by atoms with Gasteiger partial charge in [0.05, 0.1) is 6.61 Å². The first-order valence-corrected chi connectivity index (χ1v) is 7.37. The largest absolute Gasteiger partial charge is 0.371 e. The van der Waals surface area contributed by atoms with Crippen LogP contribution in [0.2, 0.25) is 0 Å². The second-order valence-electron chi connectivity index (χ2n) is 6.41. The van der Waals surface area contributed by atoms with Gasteiger partial charge in [0, 0.05) is 19.4 Å². The summed E-state index contributed by atoms with van der Waals surface area (Å²) in [5.74, 6) is -0.504. The van der Waals surface area contributed by atoms with Gasteiger partial charge in [-0.2, -0.15) is 0 Å². The van der Waals surface area contributed by atoms with Crippen molar-refractivity contribution in [3.8, 4) is 0 Å². The van der Waals surface area contributed by atoms with E-state index in [0.29, 0.717) is 6.54 Å². The highest BCUT2D eigenvalue weighted by molar-refractivity contribution is 5.91. The Bertz CT molecular complexity index is 420. The smallest absolute Gasteiger partial charge is 0.223 e. The number of Topliss-reactive ketones (excluding diaryl/α,β-unsaturated/α-hetero) is 1. The van der Waals surface area contributed by atoms with E-state index in [2.05, 4.69) is 0 Å². The van der Waals surface area contributed by atoms with Crippen molar-refractivity contribution < 1.29 is 19.1 Å². The predicted molar refractivity (Wildman–Crippen MR) is 78.4 cm³/mol. The third-order valence-electron chi connectivity index (χ3n) is 4.37. The fourth-order valence-electron chi connectivity index (χ4n) is 2.57. The number of nitrogens with zero attached hydrogens (tertiary/aromatic N) is 1. The molecule has 0 aromatic heterocycles. The molecule has 1 fully saturated rings. The standard InChI is InChI=1S/C15H26N2O4/c1-5-17(11-8-21-9-12(11)18)14(20)6-10(2)15(3,4)7-13(16)19/h10-11H,5-9H2,1-4H3,(H2,16,19). The SMILES string of the molecule is CCN(C(=O)CC(C)C(C)(C)CC(N)=O)C1COCC1=O. The van der Waals surface area contributed by atoms with Gasteiger partial charge in [-0.05, 0) is 18.3 Å². The molecule has 2 N–H and O–H groups in total. The number of amides is 2. The van der Waals surface area contributed by atoms with E-state index in [1.807, 2.05) is 27.7 Å². The number of ether oxygens (including phenoxy) is 1. The number of nitrogens with two attached hydrogens (primary N) is 1. The zero-order valence-corrected chi connectivity index (χ0v) is 13.3. The molecule has 1 rings (SSSR count). The van der Waals surface area contributed by atoms with Crippen LogP contribution in [0.1, 0.15) is 40.5 Å². The normalized spacial score (nSPS) is 20.4. The Morgan fingerprint density at radius 3 is 2.52 bits per heavy atom. The van der Waals surface area contributed by atoms with E-state index in [4.69, 9.17) is 10.5 Å². The molecule has 1 saturated heterocycles. The number of ketones is 1. The lowest BCUT2D eigenvalue weighted by Gasteiger charge is -2.33. The van der Waals surface area contributed by atoms with Gasteiger partial charge in [0.15, 0.2) is 5.78 Å². The highest BCUT2D eigenvalue weighted by atomic mass is 16.5. The van der Waals surface area contributed by atoms with E-state index in [1.54, 1.807) is 4.90 Å².